The largest absolute Gasteiger partial charge is 0.344 e. The number of hydrogen-bond donors (Lipinski definition) is 3. The summed E-state index contributed by atoms with van der Waals surface area (Å²) in [5, 5.41) is 10.8. The fraction of sp³-hybridized carbons (Fsp3) is 0.619. The number of aryl methyl sites for hydroxylation is 1. The number of primary sulfonamides is 1. The van der Waals surface area contributed by atoms with Gasteiger partial charge in [0.05, 0.1) is 4.90 Å². The first-order valence-corrected chi connectivity index (χ1v) is 11.9. The van der Waals surface area contributed by atoms with Crippen LogP contribution in [0.3, 0.4) is 0 Å². The molecule has 158 valence electrons. The predicted octanol–water partition coefficient (Wildman–Crippen LogP) is 2.30. The van der Waals surface area contributed by atoms with Crippen LogP contribution in [-0.2, 0) is 19.6 Å². The maximum atomic E-state index is 13.1. The van der Waals surface area contributed by atoms with Crippen molar-refractivity contribution in [3.63, 3.8) is 0 Å². The maximum absolute atomic E-state index is 13.1. The molecule has 0 spiro atoms. The Kier molecular flexibility index (Phi) is 4.98. The van der Waals surface area contributed by atoms with Crippen molar-refractivity contribution in [1.82, 2.24) is 5.32 Å². The first kappa shape index (κ1) is 20.3. The molecule has 0 radical (unpaired) electrons. The Morgan fingerprint density at radius 2 is 1.66 bits per heavy atom. The van der Waals surface area contributed by atoms with Crippen LogP contribution in [0.25, 0.3) is 0 Å². The third kappa shape index (κ3) is 3.92. The molecule has 7 nitrogen and oxygen atoms in total. The summed E-state index contributed by atoms with van der Waals surface area (Å²) in [5.74, 6) is 1.57. The molecule has 1 aromatic carbocycles. The lowest BCUT2D eigenvalue weighted by atomic mass is 9.49. The summed E-state index contributed by atoms with van der Waals surface area (Å²) in [4.78, 5) is 25.7. The van der Waals surface area contributed by atoms with E-state index in [0.29, 0.717) is 29.0 Å². The second-order valence-electron chi connectivity index (χ2n) is 9.41. The molecule has 8 heteroatoms. The Hall–Kier alpha value is -1.93. The summed E-state index contributed by atoms with van der Waals surface area (Å²) in [6, 6.07) is 3.84. The summed E-state index contributed by atoms with van der Waals surface area (Å²) in [5.41, 5.74) is 0.530. The molecule has 4 N–H and O–H groups in total. The SMILES string of the molecule is Cc1ccc(NC(=O)[C@H](C)NC(=O)C23CC4CC(CC(C4)C2)C3)cc1S(N)(=O)=O. The number of nitrogens with one attached hydrogen (secondary N) is 2. The van der Waals surface area contributed by atoms with Crippen molar-refractivity contribution in [2.24, 2.45) is 28.3 Å². The Labute approximate surface area is 171 Å². The minimum absolute atomic E-state index is 0.00613. The zero-order valence-corrected chi connectivity index (χ0v) is 17.7. The van der Waals surface area contributed by atoms with Crippen LogP contribution < -0.4 is 15.8 Å². The van der Waals surface area contributed by atoms with Crippen molar-refractivity contribution in [3.8, 4) is 0 Å². The lowest BCUT2D eigenvalue weighted by molar-refractivity contribution is -0.147. The van der Waals surface area contributed by atoms with Crippen molar-refractivity contribution in [2.75, 3.05) is 5.32 Å². The molecule has 1 atom stereocenters. The fourth-order valence-electron chi connectivity index (χ4n) is 6.04. The highest BCUT2D eigenvalue weighted by Crippen LogP contribution is 2.60. The fourth-order valence-corrected chi connectivity index (χ4v) is 6.85. The van der Waals surface area contributed by atoms with Crippen LogP contribution in [0, 0.1) is 30.1 Å². The van der Waals surface area contributed by atoms with Crippen LogP contribution in [0.2, 0.25) is 0 Å². The molecule has 4 aliphatic rings. The molecular weight excluding hydrogens is 390 g/mol. The van der Waals surface area contributed by atoms with Gasteiger partial charge in [0.25, 0.3) is 0 Å². The molecular formula is C21H29N3O4S. The molecule has 5 rings (SSSR count). The predicted molar refractivity (Wildman–Crippen MR) is 109 cm³/mol. The minimum atomic E-state index is -3.88. The van der Waals surface area contributed by atoms with Crippen molar-refractivity contribution >= 4 is 27.5 Å². The van der Waals surface area contributed by atoms with Gasteiger partial charge >= 0.3 is 0 Å². The molecule has 4 bridgehead atoms. The molecule has 4 aliphatic carbocycles. The average molecular weight is 420 g/mol. The Bertz CT molecular complexity index is 921. The molecule has 0 heterocycles. The van der Waals surface area contributed by atoms with Gasteiger partial charge in [0, 0.05) is 11.1 Å². The number of rotatable bonds is 5. The molecule has 0 unspecified atom stereocenters. The number of carbonyl (C=O) groups is 2. The normalized spacial score (nSPS) is 31.3. The van der Waals surface area contributed by atoms with E-state index in [0.717, 1.165) is 19.3 Å². The highest BCUT2D eigenvalue weighted by Gasteiger charge is 2.54. The molecule has 1 aromatic rings. The van der Waals surface area contributed by atoms with E-state index in [2.05, 4.69) is 10.6 Å². The number of benzene rings is 1. The standard InChI is InChI=1S/C21H29N3O4S/c1-12-3-4-17(8-18(12)29(22,27)28)24-19(25)13(2)23-20(26)21-9-14-5-15(10-21)7-16(6-14)11-21/h3-4,8,13-16H,5-7,9-11H2,1-2H3,(H,23,26)(H,24,25)(H2,22,27,28)/t13-,14?,15?,16?,21?/m0/s1. The van der Waals surface area contributed by atoms with Crippen LogP contribution in [0.5, 0.6) is 0 Å². The zero-order valence-electron chi connectivity index (χ0n) is 16.9. The number of amides is 2. The van der Waals surface area contributed by atoms with Gasteiger partial charge in [0.1, 0.15) is 6.04 Å². The molecule has 0 aliphatic heterocycles. The van der Waals surface area contributed by atoms with Gasteiger partial charge in [-0.25, -0.2) is 13.6 Å². The number of sulfonamides is 1. The molecule has 29 heavy (non-hydrogen) atoms. The second-order valence-corrected chi connectivity index (χ2v) is 10.9. The van der Waals surface area contributed by atoms with Crippen molar-refractivity contribution in [1.29, 1.82) is 0 Å². The Morgan fingerprint density at radius 1 is 1.10 bits per heavy atom. The van der Waals surface area contributed by atoms with E-state index < -0.39 is 16.1 Å². The van der Waals surface area contributed by atoms with E-state index in [1.807, 2.05) is 0 Å². The van der Waals surface area contributed by atoms with Gasteiger partial charge in [-0.3, -0.25) is 9.59 Å². The Balaban J connectivity index is 1.42. The van der Waals surface area contributed by atoms with Gasteiger partial charge in [-0.1, -0.05) is 6.07 Å². The summed E-state index contributed by atoms with van der Waals surface area (Å²) in [6.07, 6.45) is 6.58. The lowest BCUT2D eigenvalue weighted by Crippen LogP contribution is -2.56. The molecule has 4 fully saturated rings. The number of carbonyl (C=O) groups excluding carboxylic acids is 2. The zero-order chi connectivity index (χ0) is 21.0. The first-order valence-electron chi connectivity index (χ1n) is 10.3. The van der Waals surface area contributed by atoms with Gasteiger partial charge in [0.15, 0.2) is 0 Å². The van der Waals surface area contributed by atoms with E-state index in [9.17, 15) is 18.0 Å². The van der Waals surface area contributed by atoms with Crippen LogP contribution in [0.15, 0.2) is 23.1 Å². The topological polar surface area (TPSA) is 118 Å². The van der Waals surface area contributed by atoms with Crippen molar-refractivity contribution < 1.29 is 18.0 Å². The monoisotopic (exact) mass is 419 g/mol. The molecule has 0 aromatic heterocycles. The van der Waals surface area contributed by atoms with E-state index in [4.69, 9.17) is 5.14 Å². The third-order valence-corrected chi connectivity index (χ3v) is 8.08. The smallest absolute Gasteiger partial charge is 0.246 e. The quantitative estimate of drug-likeness (QED) is 0.678. The van der Waals surface area contributed by atoms with Crippen molar-refractivity contribution in [2.45, 2.75) is 63.3 Å². The van der Waals surface area contributed by atoms with Crippen molar-refractivity contribution in [3.05, 3.63) is 23.8 Å². The van der Waals surface area contributed by atoms with Gasteiger partial charge < -0.3 is 10.6 Å². The van der Waals surface area contributed by atoms with Gasteiger partial charge in [0.2, 0.25) is 21.8 Å². The molecule has 4 saturated carbocycles. The van der Waals surface area contributed by atoms with Crippen LogP contribution in [0.4, 0.5) is 5.69 Å². The summed E-state index contributed by atoms with van der Waals surface area (Å²) < 4.78 is 23.4. The van der Waals surface area contributed by atoms with E-state index >= 15 is 0 Å². The summed E-state index contributed by atoms with van der Waals surface area (Å²) in [7, 11) is -3.88. The molecule has 0 saturated heterocycles. The maximum Gasteiger partial charge on any atom is 0.246 e. The highest BCUT2D eigenvalue weighted by atomic mass is 32.2. The second kappa shape index (κ2) is 7.09. The number of nitrogens with two attached hydrogens (primary N) is 1. The molecule has 2 amide bonds. The number of hydrogen-bond acceptors (Lipinski definition) is 4. The number of anilines is 1. The van der Waals surface area contributed by atoms with Gasteiger partial charge in [-0.15, -0.1) is 0 Å². The first-order chi connectivity index (χ1) is 13.6. The lowest BCUT2D eigenvalue weighted by Gasteiger charge is -2.55. The van der Waals surface area contributed by atoms with E-state index in [1.54, 1.807) is 26.0 Å². The van der Waals surface area contributed by atoms with Gasteiger partial charge in [-0.2, -0.15) is 0 Å². The minimum Gasteiger partial charge on any atom is -0.344 e. The third-order valence-electron chi connectivity index (χ3n) is 7.02. The van der Waals surface area contributed by atoms with Crippen LogP contribution in [0.1, 0.15) is 51.0 Å². The van der Waals surface area contributed by atoms with E-state index in [1.165, 1.54) is 25.3 Å². The summed E-state index contributed by atoms with van der Waals surface area (Å²) in [6.45, 7) is 3.29. The Morgan fingerprint density at radius 3 is 2.17 bits per heavy atom. The van der Waals surface area contributed by atoms with Crippen LogP contribution in [-0.4, -0.2) is 26.3 Å². The van der Waals surface area contributed by atoms with Crippen LogP contribution >= 0.6 is 0 Å². The van der Waals surface area contributed by atoms with E-state index in [-0.39, 0.29) is 22.1 Å². The summed E-state index contributed by atoms with van der Waals surface area (Å²) >= 11 is 0. The average Bonchev–Trinajstić information content (AvgIpc) is 2.61. The highest BCUT2D eigenvalue weighted by molar-refractivity contribution is 7.89. The van der Waals surface area contributed by atoms with Gasteiger partial charge in [-0.05, 0) is 87.8 Å².